The number of carbonyl (C=O) groups excluding carboxylic acids is 2. The minimum absolute atomic E-state index is 0. The van der Waals surface area contributed by atoms with E-state index >= 15 is 0 Å². The number of hydrogen-bond acceptors (Lipinski definition) is 3. The van der Waals surface area contributed by atoms with Crippen molar-refractivity contribution in [3.63, 3.8) is 0 Å². The first kappa shape index (κ1) is 32.3. The molecule has 0 radical (unpaired) electrons. The van der Waals surface area contributed by atoms with Gasteiger partial charge < -0.3 is 9.80 Å². The number of benzene rings is 3. The number of rotatable bonds is 9. The molecule has 2 saturated heterocycles. The van der Waals surface area contributed by atoms with Gasteiger partial charge in [0.25, 0.3) is 5.91 Å². The van der Waals surface area contributed by atoms with Crippen molar-refractivity contribution >= 4 is 35.7 Å². The number of amides is 1. The van der Waals surface area contributed by atoms with Crippen LogP contribution in [0, 0.1) is 6.92 Å². The number of nitrogens with zero attached hydrogens (tertiary/aromatic N) is 2. The molecule has 1 amide bonds. The van der Waals surface area contributed by atoms with E-state index in [0.29, 0.717) is 6.42 Å². The molecule has 3 aromatic carbocycles. The van der Waals surface area contributed by atoms with Crippen LogP contribution in [0.25, 0.3) is 0 Å². The quantitative estimate of drug-likeness (QED) is 0.247. The highest BCUT2D eigenvalue weighted by Crippen LogP contribution is 2.42. The van der Waals surface area contributed by atoms with Gasteiger partial charge in [-0.25, -0.2) is 0 Å². The lowest BCUT2D eigenvalue weighted by atomic mass is 9.69. The van der Waals surface area contributed by atoms with Crippen molar-refractivity contribution in [2.45, 2.75) is 69.6 Å². The topological polar surface area (TPSA) is 40.6 Å². The Morgan fingerprint density at radius 3 is 2.14 bits per heavy atom. The van der Waals surface area contributed by atoms with Crippen LogP contribution in [-0.4, -0.2) is 54.2 Å². The van der Waals surface area contributed by atoms with E-state index < -0.39 is 0 Å². The molecule has 2 heterocycles. The zero-order valence-electron chi connectivity index (χ0n) is 25.0. The highest BCUT2D eigenvalue weighted by atomic mass is 35.5. The lowest BCUT2D eigenvalue weighted by Crippen LogP contribution is -2.49. The van der Waals surface area contributed by atoms with Gasteiger partial charge in [0, 0.05) is 40.9 Å². The van der Waals surface area contributed by atoms with E-state index in [9.17, 15) is 9.59 Å². The van der Waals surface area contributed by atoms with Crippen molar-refractivity contribution in [2.24, 2.45) is 0 Å². The molecule has 1 atom stereocenters. The summed E-state index contributed by atoms with van der Waals surface area (Å²) in [6.07, 6.45) is 6.75. The first-order chi connectivity index (χ1) is 19.8. The van der Waals surface area contributed by atoms with E-state index in [4.69, 9.17) is 11.6 Å². The molecule has 5 rings (SSSR count). The predicted molar refractivity (Wildman–Crippen MR) is 175 cm³/mol. The van der Waals surface area contributed by atoms with Gasteiger partial charge in [0.1, 0.15) is 5.78 Å². The lowest BCUT2D eigenvalue weighted by Gasteiger charge is -2.45. The fourth-order valence-corrected chi connectivity index (χ4v) is 7.44. The van der Waals surface area contributed by atoms with Gasteiger partial charge in [-0.15, -0.1) is 12.4 Å². The Hall–Kier alpha value is -2.66. The SMILES string of the molecule is CC(=O)CC1(c2ccccc2)CCN(CCC[C@]2(c3ccc(C)c(Cl)c3)CCCN(C(=O)c3ccccc3)C2)CC1.Cl. The van der Waals surface area contributed by atoms with Crippen LogP contribution >= 0.6 is 24.0 Å². The Labute approximate surface area is 262 Å². The van der Waals surface area contributed by atoms with Crippen LogP contribution in [-0.2, 0) is 15.6 Å². The smallest absolute Gasteiger partial charge is 0.253 e. The molecule has 224 valence electrons. The largest absolute Gasteiger partial charge is 0.338 e. The molecule has 2 fully saturated rings. The standard InChI is InChI=1S/C36H43ClN2O2.ClH/c1-28-15-16-32(25-33(28)37)36(18-10-22-39(27-36)34(41)30-11-5-3-6-12-30)17-9-21-38-23-19-35(20-24-38,26-29(2)40)31-13-7-4-8-14-31;/h3-8,11-16,25H,9-10,17-24,26-27H2,1-2H3;1H/t36-;/m0./s1. The number of carbonyl (C=O) groups is 2. The van der Waals surface area contributed by atoms with Gasteiger partial charge in [-0.3, -0.25) is 9.59 Å². The Morgan fingerprint density at radius 1 is 0.833 bits per heavy atom. The maximum absolute atomic E-state index is 13.5. The number of hydrogen-bond donors (Lipinski definition) is 0. The second-order valence-corrected chi connectivity index (χ2v) is 12.8. The Bertz CT molecular complexity index is 1340. The van der Waals surface area contributed by atoms with E-state index in [2.05, 4.69) is 58.3 Å². The number of piperidine rings is 2. The number of Topliss-reactive ketones (excluding diaryl/α,β-unsaturated/α-hetero) is 1. The zero-order chi connectivity index (χ0) is 28.9. The molecule has 0 bridgehead atoms. The van der Waals surface area contributed by atoms with Crippen LogP contribution in [0.4, 0.5) is 0 Å². The highest BCUT2D eigenvalue weighted by Gasteiger charge is 2.40. The van der Waals surface area contributed by atoms with Crippen LogP contribution in [0.1, 0.15) is 78.9 Å². The molecule has 0 spiro atoms. The van der Waals surface area contributed by atoms with Gasteiger partial charge in [0.15, 0.2) is 0 Å². The lowest BCUT2D eigenvalue weighted by molar-refractivity contribution is -0.118. The van der Waals surface area contributed by atoms with Crippen LogP contribution in [0.2, 0.25) is 5.02 Å². The van der Waals surface area contributed by atoms with Crippen molar-refractivity contribution in [3.05, 3.63) is 106 Å². The molecule has 0 N–H and O–H groups in total. The molecular weight excluding hydrogens is 563 g/mol. The minimum atomic E-state index is -0.113. The van der Waals surface area contributed by atoms with E-state index in [1.54, 1.807) is 6.92 Å². The third kappa shape index (κ3) is 7.27. The fraction of sp³-hybridized carbons (Fsp3) is 0.444. The van der Waals surface area contributed by atoms with E-state index in [1.807, 2.05) is 37.3 Å². The summed E-state index contributed by atoms with van der Waals surface area (Å²) in [4.78, 5) is 30.4. The van der Waals surface area contributed by atoms with Crippen molar-refractivity contribution in [1.82, 2.24) is 9.80 Å². The summed E-state index contributed by atoms with van der Waals surface area (Å²) < 4.78 is 0. The van der Waals surface area contributed by atoms with Crippen LogP contribution in [0.15, 0.2) is 78.9 Å². The van der Waals surface area contributed by atoms with E-state index in [-0.39, 0.29) is 34.9 Å². The van der Waals surface area contributed by atoms with Gasteiger partial charge in [-0.05, 0) is 107 Å². The molecule has 0 saturated carbocycles. The maximum atomic E-state index is 13.5. The Kier molecular flexibility index (Phi) is 10.9. The molecule has 4 nitrogen and oxygen atoms in total. The molecule has 2 aliphatic rings. The van der Waals surface area contributed by atoms with Crippen LogP contribution in [0.3, 0.4) is 0 Å². The van der Waals surface area contributed by atoms with Crippen LogP contribution < -0.4 is 0 Å². The van der Waals surface area contributed by atoms with Crippen molar-refractivity contribution < 1.29 is 9.59 Å². The number of likely N-dealkylation sites (tertiary alicyclic amines) is 2. The first-order valence-corrected chi connectivity index (χ1v) is 15.6. The van der Waals surface area contributed by atoms with Gasteiger partial charge in [0.2, 0.25) is 0 Å². The summed E-state index contributed by atoms with van der Waals surface area (Å²) >= 11 is 6.65. The van der Waals surface area contributed by atoms with E-state index in [1.165, 1.54) is 11.1 Å². The molecule has 6 heteroatoms. The van der Waals surface area contributed by atoms with Crippen molar-refractivity contribution in [2.75, 3.05) is 32.7 Å². The van der Waals surface area contributed by atoms with Crippen LogP contribution in [0.5, 0.6) is 0 Å². The molecule has 0 aliphatic carbocycles. The Morgan fingerprint density at radius 2 is 1.50 bits per heavy atom. The number of aryl methyl sites for hydroxylation is 1. The summed E-state index contributed by atoms with van der Waals surface area (Å²) in [5.74, 6) is 0.388. The number of ketones is 1. The predicted octanol–water partition coefficient (Wildman–Crippen LogP) is 8.04. The molecule has 3 aromatic rings. The molecule has 0 unspecified atom stereocenters. The third-order valence-electron chi connectivity index (χ3n) is 9.59. The zero-order valence-corrected chi connectivity index (χ0v) is 26.6. The number of halogens is 2. The second kappa shape index (κ2) is 14.2. The minimum Gasteiger partial charge on any atom is -0.338 e. The molecule has 42 heavy (non-hydrogen) atoms. The molecular formula is C36H44Cl2N2O2. The van der Waals surface area contributed by atoms with Gasteiger partial charge in [0.05, 0.1) is 0 Å². The maximum Gasteiger partial charge on any atom is 0.253 e. The fourth-order valence-electron chi connectivity index (χ4n) is 7.26. The average molecular weight is 608 g/mol. The normalized spacial score (nSPS) is 20.5. The van der Waals surface area contributed by atoms with Gasteiger partial charge in [-0.2, -0.15) is 0 Å². The highest BCUT2D eigenvalue weighted by molar-refractivity contribution is 6.31. The van der Waals surface area contributed by atoms with Crippen molar-refractivity contribution in [1.29, 1.82) is 0 Å². The van der Waals surface area contributed by atoms with E-state index in [0.717, 1.165) is 87.4 Å². The van der Waals surface area contributed by atoms with Gasteiger partial charge in [-0.1, -0.05) is 72.3 Å². The summed E-state index contributed by atoms with van der Waals surface area (Å²) in [6.45, 7) is 8.31. The summed E-state index contributed by atoms with van der Waals surface area (Å²) in [6, 6.07) is 26.8. The molecule has 2 aliphatic heterocycles. The average Bonchev–Trinajstić information content (AvgIpc) is 3.00. The third-order valence-corrected chi connectivity index (χ3v) is 9.99. The first-order valence-electron chi connectivity index (χ1n) is 15.2. The summed E-state index contributed by atoms with van der Waals surface area (Å²) in [5.41, 5.74) is 4.23. The Balaban J connectivity index is 0.00000405. The van der Waals surface area contributed by atoms with Crippen molar-refractivity contribution in [3.8, 4) is 0 Å². The van der Waals surface area contributed by atoms with Gasteiger partial charge >= 0.3 is 0 Å². The monoisotopic (exact) mass is 606 g/mol. The second-order valence-electron chi connectivity index (χ2n) is 12.4. The summed E-state index contributed by atoms with van der Waals surface area (Å²) in [7, 11) is 0. The molecule has 0 aromatic heterocycles. The summed E-state index contributed by atoms with van der Waals surface area (Å²) in [5, 5.41) is 0.798.